The van der Waals surface area contributed by atoms with E-state index < -0.39 is 20.4 Å². The number of nitro groups is 1. The lowest BCUT2D eigenvalue weighted by molar-refractivity contribution is -0.386. The predicted molar refractivity (Wildman–Crippen MR) is 96.5 cm³/mol. The van der Waals surface area contributed by atoms with Gasteiger partial charge >= 0.3 is 5.69 Å². The first-order chi connectivity index (χ1) is 11.7. The van der Waals surface area contributed by atoms with Crippen molar-refractivity contribution in [3.05, 3.63) is 58.4 Å². The summed E-state index contributed by atoms with van der Waals surface area (Å²) in [6.07, 6.45) is 4.42. The van der Waals surface area contributed by atoms with Crippen LogP contribution in [0.3, 0.4) is 0 Å². The first-order valence-corrected chi connectivity index (χ1v) is 9.72. The van der Waals surface area contributed by atoms with Gasteiger partial charge in [0.1, 0.15) is 10.6 Å². The van der Waals surface area contributed by atoms with Crippen LogP contribution in [0.5, 0.6) is 0 Å². The summed E-state index contributed by atoms with van der Waals surface area (Å²) in [7, 11) is -3.70. The summed E-state index contributed by atoms with van der Waals surface area (Å²) in [6, 6.07) is 8.07. The van der Waals surface area contributed by atoms with Gasteiger partial charge in [0, 0.05) is 31.1 Å². The number of benzene rings is 1. The van der Waals surface area contributed by atoms with Crippen LogP contribution in [-0.4, -0.2) is 31.1 Å². The highest BCUT2D eigenvalue weighted by Gasteiger charge is 2.26. The van der Waals surface area contributed by atoms with E-state index in [2.05, 4.69) is 24.1 Å². The fourth-order valence-corrected chi connectivity index (χ4v) is 3.57. The van der Waals surface area contributed by atoms with Crippen molar-refractivity contribution in [2.75, 3.05) is 18.1 Å². The number of sulfone groups is 1. The number of anilines is 1. The van der Waals surface area contributed by atoms with E-state index in [9.17, 15) is 18.5 Å². The van der Waals surface area contributed by atoms with E-state index in [0.717, 1.165) is 11.8 Å². The van der Waals surface area contributed by atoms with Gasteiger partial charge in [0.25, 0.3) is 0 Å². The van der Waals surface area contributed by atoms with E-state index >= 15 is 0 Å². The molecule has 25 heavy (non-hydrogen) atoms. The van der Waals surface area contributed by atoms with E-state index in [1.807, 2.05) is 12.1 Å². The van der Waals surface area contributed by atoms with Crippen LogP contribution < -0.4 is 5.32 Å². The van der Waals surface area contributed by atoms with Crippen molar-refractivity contribution in [3.63, 3.8) is 0 Å². The Morgan fingerprint density at radius 2 is 1.96 bits per heavy atom. The normalized spacial score (nSPS) is 12.8. The van der Waals surface area contributed by atoms with Crippen molar-refractivity contribution in [2.45, 2.75) is 24.7 Å². The van der Waals surface area contributed by atoms with Crippen molar-refractivity contribution in [1.82, 2.24) is 4.98 Å². The second-order valence-corrected chi connectivity index (χ2v) is 8.18. The van der Waals surface area contributed by atoms with Gasteiger partial charge in [-0.3, -0.25) is 15.1 Å². The molecule has 1 heterocycles. The maximum atomic E-state index is 11.8. The van der Waals surface area contributed by atoms with E-state index in [0.29, 0.717) is 6.54 Å². The number of aromatic nitrogens is 1. The number of nitrogens with one attached hydrogen (secondary N) is 1. The molecule has 0 spiro atoms. The summed E-state index contributed by atoms with van der Waals surface area (Å²) in [5.41, 5.74) is 0.799. The Morgan fingerprint density at radius 3 is 2.48 bits per heavy atom. The van der Waals surface area contributed by atoms with Crippen LogP contribution in [-0.2, 0) is 9.84 Å². The number of hydrogen-bond donors (Lipinski definition) is 1. The van der Waals surface area contributed by atoms with Gasteiger partial charge in [0.05, 0.1) is 4.92 Å². The highest BCUT2D eigenvalue weighted by atomic mass is 32.2. The van der Waals surface area contributed by atoms with E-state index in [1.54, 1.807) is 12.4 Å². The minimum absolute atomic E-state index is 0.0789. The molecular weight excluding hydrogens is 342 g/mol. The molecule has 0 saturated heterocycles. The number of pyridine rings is 1. The molecule has 0 amide bonds. The maximum Gasteiger partial charge on any atom is 0.310 e. The average molecular weight is 363 g/mol. The Hall–Kier alpha value is -2.48. The number of rotatable bonds is 7. The van der Waals surface area contributed by atoms with Crippen LogP contribution in [0, 0.1) is 16.0 Å². The Morgan fingerprint density at radius 1 is 1.24 bits per heavy atom. The zero-order chi connectivity index (χ0) is 18.6. The number of nitrogens with zero attached hydrogens (tertiary/aromatic N) is 2. The topological polar surface area (TPSA) is 102 Å². The summed E-state index contributed by atoms with van der Waals surface area (Å²) in [6.45, 7) is 4.54. The molecular formula is C17H21N3O4S. The molecule has 0 bridgehead atoms. The van der Waals surface area contributed by atoms with E-state index in [1.165, 1.54) is 18.2 Å². The van der Waals surface area contributed by atoms with Crippen LogP contribution in [0.1, 0.15) is 25.3 Å². The quantitative estimate of drug-likeness (QED) is 0.598. The van der Waals surface area contributed by atoms with Crippen LogP contribution in [0.2, 0.25) is 0 Å². The van der Waals surface area contributed by atoms with Crippen molar-refractivity contribution in [3.8, 4) is 0 Å². The lowest BCUT2D eigenvalue weighted by atomic mass is 9.89. The van der Waals surface area contributed by atoms with Gasteiger partial charge in [-0.1, -0.05) is 26.0 Å². The zero-order valence-electron chi connectivity index (χ0n) is 14.3. The highest BCUT2D eigenvalue weighted by Crippen LogP contribution is 2.33. The monoisotopic (exact) mass is 363 g/mol. The van der Waals surface area contributed by atoms with Crippen molar-refractivity contribution >= 4 is 21.2 Å². The minimum atomic E-state index is -3.70. The average Bonchev–Trinajstić information content (AvgIpc) is 2.54. The molecule has 2 aromatic rings. The number of hydrogen-bond acceptors (Lipinski definition) is 6. The first kappa shape index (κ1) is 18.9. The molecule has 1 aromatic heterocycles. The van der Waals surface area contributed by atoms with Crippen molar-refractivity contribution in [2.24, 2.45) is 5.92 Å². The lowest BCUT2D eigenvalue weighted by Crippen LogP contribution is -2.19. The molecule has 134 valence electrons. The molecule has 1 aromatic carbocycles. The van der Waals surface area contributed by atoms with Gasteiger partial charge < -0.3 is 5.32 Å². The van der Waals surface area contributed by atoms with Gasteiger partial charge in [-0.25, -0.2) is 8.42 Å². The third-order valence-corrected chi connectivity index (χ3v) is 5.14. The number of para-hydroxylation sites is 1. The van der Waals surface area contributed by atoms with Crippen LogP contribution >= 0.6 is 0 Å². The predicted octanol–water partition coefficient (Wildman–Crippen LogP) is 3.25. The third-order valence-electron chi connectivity index (χ3n) is 4.01. The first-order valence-electron chi connectivity index (χ1n) is 7.83. The summed E-state index contributed by atoms with van der Waals surface area (Å²) in [4.78, 5) is 14.6. The van der Waals surface area contributed by atoms with Gasteiger partial charge in [-0.15, -0.1) is 0 Å². The van der Waals surface area contributed by atoms with Crippen LogP contribution in [0.4, 0.5) is 11.4 Å². The molecule has 0 aliphatic carbocycles. The van der Waals surface area contributed by atoms with Crippen molar-refractivity contribution in [1.29, 1.82) is 0 Å². The molecule has 1 N–H and O–H groups in total. The SMILES string of the molecule is CC(C)C(CNc1cccc(S(C)(=O)=O)c1[N+](=O)[O-])c1cccnc1. The van der Waals surface area contributed by atoms with Gasteiger partial charge in [-0.05, 0) is 29.7 Å². The molecule has 0 radical (unpaired) electrons. The molecule has 0 fully saturated rings. The van der Waals surface area contributed by atoms with E-state index in [-0.39, 0.29) is 22.4 Å². The van der Waals surface area contributed by atoms with Gasteiger partial charge in [0.2, 0.25) is 0 Å². The lowest BCUT2D eigenvalue weighted by Gasteiger charge is -2.22. The van der Waals surface area contributed by atoms with Gasteiger partial charge in [-0.2, -0.15) is 0 Å². The summed E-state index contributed by atoms with van der Waals surface area (Å²) >= 11 is 0. The van der Waals surface area contributed by atoms with E-state index in [4.69, 9.17) is 0 Å². The Kier molecular flexibility index (Phi) is 5.73. The fourth-order valence-electron chi connectivity index (χ4n) is 2.71. The molecule has 1 unspecified atom stereocenters. The summed E-state index contributed by atoms with van der Waals surface area (Å²) in [5, 5.41) is 14.5. The second-order valence-electron chi connectivity index (χ2n) is 6.20. The summed E-state index contributed by atoms with van der Waals surface area (Å²) < 4.78 is 23.7. The highest BCUT2D eigenvalue weighted by molar-refractivity contribution is 7.90. The second kappa shape index (κ2) is 7.60. The van der Waals surface area contributed by atoms with Crippen LogP contribution in [0.25, 0.3) is 0 Å². The molecule has 0 saturated carbocycles. The molecule has 2 rings (SSSR count). The molecule has 8 heteroatoms. The smallest absolute Gasteiger partial charge is 0.310 e. The maximum absolute atomic E-state index is 11.8. The Balaban J connectivity index is 2.35. The molecule has 0 aliphatic heterocycles. The largest absolute Gasteiger partial charge is 0.379 e. The minimum Gasteiger partial charge on any atom is -0.379 e. The van der Waals surface area contributed by atoms with Gasteiger partial charge in [0.15, 0.2) is 9.84 Å². The molecule has 7 nitrogen and oxygen atoms in total. The van der Waals surface area contributed by atoms with Crippen molar-refractivity contribution < 1.29 is 13.3 Å². The Labute approximate surface area is 147 Å². The third kappa shape index (κ3) is 4.54. The molecule has 0 aliphatic rings. The summed E-state index contributed by atoms with van der Waals surface area (Å²) in [5.74, 6) is 0.351. The van der Waals surface area contributed by atoms with Crippen LogP contribution in [0.15, 0.2) is 47.6 Å². The molecule has 1 atom stereocenters. The zero-order valence-corrected chi connectivity index (χ0v) is 15.2. The Bertz CT molecular complexity index is 851. The fraction of sp³-hybridized carbons (Fsp3) is 0.353. The standard InChI is InChI=1S/C17H21N3O4S/c1-12(2)14(13-6-5-9-18-10-13)11-19-15-7-4-8-16(25(3,23)24)17(15)20(21)22/h4-10,12,14,19H,11H2,1-3H3. The number of nitro benzene ring substituents is 1.